The maximum Gasteiger partial charge on any atom is 0.163 e. The molecule has 0 spiro atoms. The van der Waals surface area contributed by atoms with Crippen LogP contribution in [0, 0.1) is 0 Å². The van der Waals surface area contributed by atoms with E-state index < -0.39 is 0 Å². The van der Waals surface area contributed by atoms with Crippen LogP contribution in [-0.4, -0.2) is 6.61 Å². The van der Waals surface area contributed by atoms with Crippen LogP contribution in [0.5, 0.6) is 11.5 Å². The van der Waals surface area contributed by atoms with Crippen LogP contribution in [0.3, 0.4) is 0 Å². The van der Waals surface area contributed by atoms with Gasteiger partial charge in [-0.3, -0.25) is 0 Å². The summed E-state index contributed by atoms with van der Waals surface area (Å²) < 4.78 is 11.8. The second kappa shape index (κ2) is 10.4. The van der Waals surface area contributed by atoms with Crippen molar-refractivity contribution in [1.82, 2.24) is 0 Å². The monoisotopic (exact) mass is 485 g/mol. The van der Waals surface area contributed by atoms with E-state index in [4.69, 9.17) is 44.3 Å². The normalized spacial score (nSPS) is 10.9. The molecule has 0 heterocycles. The van der Waals surface area contributed by atoms with Gasteiger partial charge in [0.2, 0.25) is 0 Å². The van der Waals surface area contributed by atoms with Gasteiger partial charge in [-0.25, -0.2) is 0 Å². The molecule has 164 valence electrons. The summed E-state index contributed by atoms with van der Waals surface area (Å²) in [6.07, 6.45) is 0. The molecule has 4 rings (SSSR count). The molecule has 0 atom stereocenters. The Balaban J connectivity index is 1.53. The fourth-order valence-corrected chi connectivity index (χ4v) is 4.00. The van der Waals surface area contributed by atoms with E-state index >= 15 is 0 Å². The Morgan fingerprint density at radius 2 is 1.53 bits per heavy atom. The molecular weight excluding hydrogens is 465 g/mol. The molecule has 0 saturated carbocycles. The highest BCUT2D eigenvalue weighted by Crippen LogP contribution is 2.35. The largest absolute Gasteiger partial charge is 0.490 e. The summed E-state index contributed by atoms with van der Waals surface area (Å²) in [5, 5.41) is 7.45. The molecule has 0 unspecified atom stereocenters. The summed E-state index contributed by atoms with van der Waals surface area (Å²) >= 11 is 18.7. The Kier molecular flexibility index (Phi) is 7.31. The molecule has 0 radical (unpaired) electrons. The molecule has 3 nitrogen and oxygen atoms in total. The molecule has 4 aromatic carbocycles. The van der Waals surface area contributed by atoms with Crippen molar-refractivity contribution in [3.05, 3.63) is 99.0 Å². The highest BCUT2D eigenvalue weighted by molar-refractivity contribution is 6.42. The lowest BCUT2D eigenvalue weighted by Crippen LogP contribution is -2.04. The minimum absolute atomic E-state index is 0.320. The Morgan fingerprint density at radius 1 is 0.750 bits per heavy atom. The first-order chi connectivity index (χ1) is 15.5. The van der Waals surface area contributed by atoms with Crippen molar-refractivity contribution in [1.29, 1.82) is 0 Å². The topological polar surface area (TPSA) is 30.5 Å². The predicted molar refractivity (Wildman–Crippen MR) is 135 cm³/mol. The summed E-state index contributed by atoms with van der Waals surface area (Å²) in [5.41, 5.74) is 2.88. The van der Waals surface area contributed by atoms with Gasteiger partial charge in [-0.05, 0) is 47.7 Å². The van der Waals surface area contributed by atoms with Crippen LogP contribution in [0.25, 0.3) is 10.8 Å². The maximum atomic E-state index is 6.60. The van der Waals surface area contributed by atoms with Crippen LogP contribution in [0.4, 0.5) is 5.69 Å². The zero-order valence-electron chi connectivity index (χ0n) is 17.5. The summed E-state index contributed by atoms with van der Waals surface area (Å²) in [6.45, 7) is 3.33. The number of halogens is 3. The second-order valence-corrected chi connectivity index (χ2v) is 8.46. The van der Waals surface area contributed by atoms with E-state index in [9.17, 15) is 0 Å². The molecule has 0 aromatic heterocycles. The Hall–Kier alpha value is -2.59. The van der Waals surface area contributed by atoms with Gasteiger partial charge in [-0.15, -0.1) is 0 Å². The number of hydrogen-bond acceptors (Lipinski definition) is 3. The summed E-state index contributed by atoms with van der Waals surface area (Å²) in [4.78, 5) is 0. The number of fused-ring (bicyclic) bond motifs is 1. The zero-order chi connectivity index (χ0) is 22.5. The van der Waals surface area contributed by atoms with Gasteiger partial charge < -0.3 is 14.8 Å². The van der Waals surface area contributed by atoms with Crippen molar-refractivity contribution in [2.45, 2.75) is 20.1 Å². The summed E-state index contributed by atoms with van der Waals surface area (Å²) in [5.74, 6) is 1.23. The van der Waals surface area contributed by atoms with E-state index in [2.05, 4.69) is 29.6 Å². The quantitative estimate of drug-likeness (QED) is 0.271. The van der Waals surface area contributed by atoms with Gasteiger partial charge >= 0.3 is 0 Å². The summed E-state index contributed by atoms with van der Waals surface area (Å²) in [6, 6.07) is 23.6. The predicted octanol–water partition coefficient (Wildman–Crippen LogP) is 8.39. The van der Waals surface area contributed by atoms with Gasteiger partial charge in [-0.2, -0.15) is 0 Å². The van der Waals surface area contributed by atoms with E-state index in [1.54, 1.807) is 18.2 Å². The SMILES string of the molecule is CCOc1cc(CNc2cccc3ccccc23)c(Cl)cc1OCc1ccc(Cl)c(Cl)c1. The van der Waals surface area contributed by atoms with Crippen LogP contribution < -0.4 is 14.8 Å². The maximum absolute atomic E-state index is 6.60. The Morgan fingerprint density at radius 3 is 2.34 bits per heavy atom. The van der Waals surface area contributed by atoms with E-state index in [1.165, 1.54) is 5.39 Å². The number of hydrogen-bond donors (Lipinski definition) is 1. The molecule has 32 heavy (non-hydrogen) atoms. The van der Waals surface area contributed by atoms with Crippen molar-refractivity contribution in [2.75, 3.05) is 11.9 Å². The molecule has 0 aliphatic carbocycles. The molecule has 0 bridgehead atoms. The number of ether oxygens (including phenoxy) is 2. The smallest absolute Gasteiger partial charge is 0.163 e. The average molecular weight is 487 g/mol. The number of rotatable bonds is 8. The summed E-state index contributed by atoms with van der Waals surface area (Å²) in [7, 11) is 0. The standard InChI is InChI=1S/C26H22Cl3NO2/c1-2-31-25-13-19(15-30-24-9-5-7-18-6-3-4-8-20(18)24)22(28)14-26(25)32-16-17-10-11-21(27)23(29)12-17/h3-14,30H,2,15-16H2,1H3. The molecule has 0 amide bonds. The van der Waals surface area contributed by atoms with E-state index in [0.29, 0.717) is 46.3 Å². The zero-order valence-corrected chi connectivity index (χ0v) is 19.8. The van der Waals surface area contributed by atoms with E-state index in [0.717, 1.165) is 22.2 Å². The van der Waals surface area contributed by atoms with Gasteiger partial charge in [0.25, 0.3) is 0 Å². The van der Waals surface area contributed by atoms with Crippen LogP contribution in [-0.2, 0) is 13.2 Å². The highest BCUT2D eigenvalue weighted by atomic mass is 35.5. The van der Waals surface area contributed by atoms with E-state index in [1.807, 2.05) is 37.3 Å². The third kappa shape index (κ3) is 5.24. The molecule has 0 saturated heterocycles. The number of anilines is 1. The van der Waals surface area contributed by atoms with Crippen LogP contribution in [0.1, 0.15) is 18.1 Å². The van der Waals surface area contributed by atoms with Gasteiger partial charge in [0.15, 0.2) is 11.5 Å². The second-order valence-electron chi connectivity index (χ2n) is 7.24. The van der Waals surface area contributed by atoms with Gasteiger partial charge in [0.1, 0.15) is 6.61 Å². The lowest BCUT2D eigenvalue weighted by Gasteiger charge is -2.16. The van der Waals surface area contributed by atoms with Crippen molar-refractivity contribution < 1.29 is 9.47 Å². The highest BCUT2D eigenvalue weighted by Gasteiger charge is 2.13. The number of nitrogens with one attached hydrogen (secondary N) is 1. The third-order valence-electron chi connectivity index (χ3n) is 5.05. The van der Waals surface area contributed by atoms with Crippen molar-refractivity contribution >= 4 is 51.3 Å². The lowest BCUT2D eigenvalue weighted by molar-refractivity contribution is 0.269. The first kappa shape index (κ1) is 22.6. The van der Waals surface area contributed by atoms with Gasteiger partial charge in [0.05, 0.1) is 16.7 Å². The molecule has 6 heteroatoms. The third-order valence-corrected chi connectivity index (χ3v) is 6.14. The minimum Gasteiger partial charge on any atom is -0.490 e. The van der Waals surface area contributed by atoms with Crippen molar-refractivity contribution in [2.24, 2.45) is 0 Å². The average Bonchev–Trinajstić information content (AvgIpc) is 2.80. The van der Waals surface area contributed by atoms with Crippen LogP contribution in [0.15, 0.2) is 72.8 Å². The van der Waals surface area contributed by atoms with Gasteiger partial charge in [-0.1, -0.05) is 77.3 Å². The Bertz CT molecular complexity index is 1240. The first-order valence-corrected chi connectivity index (χ1v) is 11.4. The fraction of sp³-hybridized carbons (Fsp3) is 0.154. The molecule has 0 aliphatic rings. The van der Waals surface area contributed by atoms with Crippen LogP contribution in [0.2, 0.25) is 15.1 Å². The van der Waals surface area contributed by atoms with Crippen molar-refractivity contribution in [3.8, 4) is 11.5 Å². The van der Waals surface area contributed by atoms with Crippen LogP contribution >= 0.6 is 34.8 Å². The lowest BCUT2D eigenvalue weighted by atomic mass is 10.1. The first-order valence-electron chi connectivity index (χ1n) is 10.3. The molecule has 4 aromatic rings. The molecule has 0 aliphatic heterocycles. The van der Waals surface area contributed by atoms with Crippen molar-refractivity contribution in [3.63, 3.8) is 0 Å². The molecular formula is C26H22Cl3NO2. The Labute approximate surface area is 202 Å². The van der Waals surface area contributed by atoms with Gasteiger partial charge in [0, 0.05) is 28.7 Å². The minimum atomic E-state index is 0.320. The fourth-order valence-electron chi connectivity index (χ4n) is 3.45. The number of benzene rings is 4. The molecule has 1 N–H and O–H groups in total. The van der Waals surface area contributed by atoms with E-state index in [-0.39, 0.29) is 0 Å². The molecule has 0 fully saturated rings.